The van der Waals surface area contributed by atoms with Crippen molar-refractivity contribution in [2.24, 2.45) is 5.92 Å². The largest absolute Gasteiger partial charge is 0.447 e. The van der Waals surface area contributed by atoms with E-state index in [-0.39, 0.29) is 11.5 Å². The molecule has 98 valence electrons. The SMILES string of the molecule is O=C(O[C@H](c1cccnc1)C(F)(F)F)C1CCC1. The summed E-state index contributed by atoms with van der Waals surface area (Å²) in [6.45, 7) is 0. The molecule has 2 rings (SSSR count). The van der Waals surface area contributed by atoms with E-state index in [0.29, 0.717) is 12.8 Å². The van der Waals surface area contributed by atoms with Crippen LogP contribution in [-0.4, -0.2) is 17.1 Å². The molecule has 0 bridgehead atoms. The molecule has 0 aliphatic heterocycles. The van der Waals surface area contributed by atoms with Crippen LogP contribution in [0.2, 0.25) is 0 Å². The fraction of sp³-hybridized carbons (Fsp3) is 0.500. The summed E-state index contributed by atoms with van der Waals surface area (Å²) in [5.74, 6) is -1.15. The van der Waals surface area contributed by atoms with Crippen molar-refractivity contribution in [3.05, 3.63) is 30.1 Å². The van der Waals surface area contributed by atoms with Crippen LogP contribution in [0.25, 0.3) is 0 Å². The van der Waals surface area contributed by atoms with Gasteiger partial charge in [0, 0.05) is 18.0 Å². The lowest BCUT2D eigenvalue weighted by molar-refractivity contribution is -0.227. The number of alkyl halides is 3. The molecule has 3 nitrogen and oxygen atoms in total. The lowest BCUT2D eigenvalue weighted by Gasteiger charge is -2.27. The minimum absolute atomic E-state index is 0.155. The van der Waals surface area contributed by atoms with Gasteiger partial charge in [0.2, 0.25) is 6.10 Å². The van der Waals surface area contributed by atoms with Gasteiger partial charge in [0.15, 0.2) is 0 Å². The van der Waals surface area contributed by atoms with Gasteiger partial charge in [-0.3, -0.25) is 9.78 Å². The molecule has 1 fully saturated rings. The van der Waals surface area contributed by atoms with Crippen molar-refractivity contribution in [1.29, 1.82) is 0 Å². The van der Waals surface area contributed by atoms with Gasteiger partial charge in [-0.1, -0.05) is 12.5 Å². The Kier molecular flexibility index (Phi) is 3.54. The normalized spacial score (nSPS) is 17.9. The van der Waals surface area contributed by atoms with E-state index in [1.54, 1.807) is 0 Å². The van der Waals surface area contributed by atoms with Crippen LogP contribution in [0, 0.1) is 5.92 Å². The van der Waals surface area contributed by atoms with Gasteiger partial charge >= 0.3 is 12.1 Å². The predicted molar refractivity (Wildman–Crippen MR) is 56.5 cm³/mol. The summed E-state index contributed by atoms with van der Waals surface area (Å²) in [4.78, 5) is 15.1. The van der Waals surface area contributed by atoms with Gasteiger partial charge < -0.3 is 4.74 Å². The second-order valence-corrected chi connectivity index (χ2v) is 4.27. The van der Waals surface area contributed by atoms with E-state index in [1.807, 2.05) is 0 Å². The van der Waals surface area contributed by atoms with E-state index in [1.165, 1.54) is 18.3 Å². The monoisotopic (exact) mass is 259 g/mol. The van der Waals surface area contributed by atoms with Gasteiger partial charge in [0.1, 0.15) is 0 Å². The first-order chi connectivity index (χ1) is 8.48. The minimum atomic E-state index is -4.62. The van der Waals surface area contributed by atoms with E-state index >= 15 is 0 Å². The molecule has 0 unspecified atom stereocenters. The Bertz CT molecular complexity index is 415. The number of ether oxygens (including phenoxy) is 1. The highest BCUT2D eigenvalue weighted by Gasteiger charge is 2.45. The average Bonchev–Trinajstić information content (AvgIpc) is 2.23. The van der Waals surface area contributed by atoms with E-state index in [0.717, 1.165) is 12.6 Å². The maximum absolute atomic E-state index is 12.8. The highest BCUT2D eigenvalue weighted by atomic mass is 19.4. The summed E-state index contributed by atoms with van der Waals surface area (Å²) >= 11 is 0. The fourth-order valence-corrected chi connectivity index (χ4v) is 1.71. The molecule has 0 aromatic carbocycles. The lowest BCUT2D eigenvalue weighted by atomic mass is 9.85. The molecule has 1 aliphatic rings. The molecule has 6 heteroatoms. The topological polar surface area (TPSA) is 39.2 Å². The van der Waals surface area contributed by atoms with Crippen molar-refractivity contribution in [3.8, 4) is 0 Å². The number of hydrogen-bond acceptors (Lipinski definition) is 3. The highest BCUT2D eigenvalue weighted by molar-refractivity contribution is 5.73. The Morgan fingerprint density at radius 1 is 1.44 bits per heavy atom. The molecule has 0 amide bonds. The quantitative estimate of drug-likeness (QED) is 0.783. The maximum atomic E-state index is 12.8. The Morgan fingerprint density at radius 3 is 2.61 bits per heavy atom. The first kappa shape index (κ1) is 12.9. The Hall–Kier alpha value is -1.59. The van der Waals surface area contributed by atoms with Crippen LogP contribution in [0.4, 0.5) is 13.2 Å². The molecule has 1 saturated carbocycles. The van der Waals surface area contributed by atoms with Gasteiger partial charge in [0.25, 0.3) is 0 Å². The van der Waals surface area contributed by atoms with Gasteiger partial charge in [-0.15, -0.1) is 0 Å². The zero-order valence-corrected chi connectivity index (χ0v) is 9.48. The minimum Gasteiger partial charge on any atom is -0.447 e. The number of hydrogen-bond donors (Lipinski definition) is 0. The van der Waals surface area contributed by atoms with Crippen molar-refractivity contribution in [3.63, 3.8) is 0 Å². The summed E-state index contributed by atoms with van der Waals surface area (Å²) in [5, 5.41) is 0. The number of aromatic nitrogens is 1. The molecule has 1 aromatic rings. The summed E-state index contributed by atoms with van der Waals surface area (Å²) in [7, 11) is 0. The van der Waals surface area contributed by atoms with Gasteiger partial charge in [-0.05, 0) is 18.9 Å². The third-order valence-electron chi connectivity index (χ3n) is 2.96. The standard InChI is InChI=1S/C12H12F3NO2/c13-12(14,15)10(9-5-2-6-16-7-9)18-11(17)8-3-1-4-8/h2,5-8,10H,1,3-4H2/t10-/m1/s1. The van der Waals surface area contributed by atoms with Crippen LogP contribution in [0.3, 0.4) is 0 Å². The molecule has 1 aromatic heterocycles. The lowest BCUT2D eigenvalue weighted by Crippen LogP contribution is -2.31. The fourth-order valence-electron chi connectivity index (χ4n) is 1.71. The van der Waals surface area contributed by atoms with Crippen molar-refractivity contribution < 1.29 is 22.7 Å². The number of esters is 1. The van der Waals surface area contributed by atoms with Gasteiger partial charge in [0.05, 0.1) is 5.92 Å². The Balaban J connectivity index is 2.13. The number of rotatable bonds is 3. The molecule has 0 radical (unpaired) electrons. The number of pyridine rings is 1. The van der Waals surface area contributed by atoms with E-state index < -0.39 is 18.2 Å². The summed E-state index contributed by atoms with van der Waals surface area (Å²) < 4.78 is 43.1. The molecular formula is C12H12F3NO2. The smallest absolute Gasteiger partial charge is 0.429 e. The van der Waals surface area contributed by atoms with Crippen molar-refractivity contribution in [2.45, 2.75) is 31.5 Å². The van der Waals surface area contributed by atoms with E-state index in [4.69, 9.17) is 0 Å². The molecule has 1 atom stereocenters. The van der Waals surface area contributed by atoms with Gasteiger partial charge in [-0.2, -0.15) is 13.2 Å². The molecule has 0 N–H and O–H groups in total. The average molecular weight is 259 g/mol. The summed E-state index contributed by atoms with van der Waals surface area (Å²) in [6.07, 6.45) is -2.34. The zero-order chi connectivity index (χ0) is 13.2. The Labute approximate surface area is 102 Å². The van der Waals surface area contributed by atoms with Crippen LogP contribution >= 0.6 is 0 Å². The molecule has 18 heavy (non-hydrogen) atoms. The van der Waals surface area contributed by atoms with Crippen molar-refractivity contribution >= 4 is 5.97 Å². The van der Waals surface area contributed by atoms with Crippen LogP contribution in [0.1, 0.15) is 30.9 Å². The van der Waals surface area contributed by atoms with Crippen molar-refractivity contribution in [1.82, 2.24) is 4.98 Å². The van der Waals surface area contributed by atoms with E-state index in [9.17, 15) is 18.0 Å². The summed E-state index contributed by atoms with van der Waals surface area (Å²) in [6, 6.07) is 2.63. The van der Waals surface area contributed by atoms with Crippen LogP contribution in [0.5, 0.6) is 0 Å². The molecule has 1 heterocycles. The second kappa shape index (κ2) is 4.96. The molecule has 1 aliphatic carbocycles. The van der Waals surface area contributed by atoms with Crippen LogP contribution in [0.15, 0.2) is 24.5 Å². The first-order valence-corrected chi connectivity index (χ1v) is 5.65. The highest BCUT2D eigenvalue weighted by Crippen LogP contribution is 2.38. The summed E-state index contributed by atoms with van der Waals surface area (Å²) in [5.41, 5.74) is -0.155. The third kappa shape index (κ3) is 2.80. The van der Waals surface area contributed by atoms with Gasteiger partial charge in [-0.25, -0.2) is 0 Å². The number of halogens is 3. The molecule has 0 saturated heterocycles. The van der Waals surface area contributed by atoms with E-state index in [2.05, 4.69) is 9.72 Å². The third-order valence-corrected chi connectivity index (χ3v) is 2.96. The number of nitrogens with zero attached hydrogens (tertiary/aromatic N) is 1. The zero-order valence-electron chi connectivity index (χ0n) is 9.48. The van der Waals surface area contributed by atoms with Crippen LogP contribution in [-0.2, 0) is 9.53 Å². The molecular weight excluding hydrogens is 247 g/mol. The number of carbonyl (C=O) groups excluding carboxylic acids is 1. The van der Waals surface area contributed by atoms with Crippen LogP contribution < -0.4 is 0 Å². The molecule has 0 spiro atoms. The maximum Gasteiger partial charge on any atom is 0.429 e. The predicted octanol–water partition coefficient (Wildman–Crippen LogP) is 3.03. The second-order valence-electron chi connectivity index (χ2n) is 4.27. The number of carbonyl (C=O) groups is 1. The Morgan fingerprint density at radius 2 is 2.17 bits per heavy atom. The van der Waals surface area contributed by atoms with Crippen molar-refractivity contribution in [2.75, 3.05) is 0 Å². The first-order valence-electron chi connectivity index (χ1n) is 5.65.